The number of nitrogens with one attached hydrogen (secondary N) is 1. The van der Waals surface area contributed by atoms with Gasteiger partial charge >= 0.3 is 0 Å². The van der Waals surface area contributed by atoms with Crippen molar-refractivity contribution in [2.24, 2.45) is 11.8 Å². The predicted octanol–water partition coefficient (Wildman–Crippen LogP) is 3.31. The lowest BCUT2D eigenvalue weighted by atomic mass is 9.98. The number of hydrogen-bond donors (Lipinski definition) is 1. The Balaban J connectivity index is 1.93. The first-order valence-corrected chi connectivity index (χ1v) is 7.43. The molecule has 1 N–H and O–H groups in total. The van der Waals surface area contributed by atoms with Gasteiger partial charge in [0.15, 0.2) is 0 Å². The molecule has 0 aromatic carbocycles. The Hall–Kier alpha value is -0.550. The fourth-order valence-electron chi connectivity index (χ4n) is 2.39. The van der Waals surface area contributed by atoms with Gasteiger partial charge in [0, 0.05) is 12.4 Å². The van der Waals surface area contributed by atoms with Crippen LogP contribution in [-0.2, 0) is 0 Å². The summed E-state index contributed by atoms with van der Waals surface area (Å²) in [6.45, 7) is 0.877. The minimum atomic E-state index is 0.549. The molecule has 18 heavy (non-hydrogen) atoms. The van der Waals surface area contributed by atoms with Crippen LogP contribution in [0.1, 0.15) is 19.3 Å². The zero-order valence-corrected chi connectivity index (χ0v) is 12.7. The molecule has 2 atom stereocenters. The molecular weight excluding hydrogens is 318 g/mol. The summed E-state index contributed by atoms with van der Waals surface area (Å²) in [6.07, 6.45) is 5.44. The van der Waals surface area contributed by atoms with Crippen molar-refractivity contribution in [3.8, 4) is 5.88 Å². The van der Waals surface area contributed by atoms with Crippen LogP contribution >= 0.6 is 27.5 Å². The number of aromatic nitrogens is 2. The lowest BCUT2D eigenvalue weighted by molar-refractivity contribution is 0.394. The summed E-state index contributed by atoms with van der Waals surface area (Å²) in [4.78, 5) is 8.49. The fourth-order valence-corrected chi connectivity index (χ4v) is 3.15. The molecule has 0 radical (unpaired) electrons. The molecule has 100 valence electrons. The maximum absolute atomic E-state index is 5.97. The molecular formula is C12H17BrClN3O. The van der Waals surface area contributed by atoms with Gasteiger partial charge in [0.2, 0.25) is 11.8 Å². The highest BCUT2D eigenvalue weighted by molar-refractivity contribution is 9.10. The largest absolute Gasteiger partial charge is 0.480 e. The summed E-state index contributed by atoms with van der Waals surface area (Å²) in [5, 5.41) is 3.27. The third kappa shape index (κ3) is 3.26. The zero-order valence-electron chi connectivity index (χ0n) is 10.3. The zero-order chi connectivity index (χ0) is 13.0. The van der Waals surface area contributed by atoms with Crippen LogP contribution in [0.15, 0.2) is 10.7 Å². The average molecular weight is 335 g/mol. The van der Waals surface area contributed by atoms with Gasteiger partial charge < -0.3 is 10.1 Å². The second-order valence-electron chi connectivity index (χ2n) is 4.54. The third-order valence-electron chi connectivity index (χ3n) is 3.44. The number of nitrogens with zero attached hydrogens (tertiary/aromatic N) is 2. The summed E-state index contributed by atoms with van der Waals surface area (Å²) in [6, 6.07) is 0. The van der Waals surface area contributed by atoms with E-state index in [1.165, 1.54) is 19.3 Å². The van der Waals surface area contributed by atoms with Crippen LogP contribution in [0.2, 0.25) is 0 Å². The molecule has 0 spiro atoms. The van der Waals surface area contributed by atoms with Crippen LogP contribution in [0.4, 0.5) is 5.95 Å². The van der Waals surface area contributed by atoms with E-state index in [0.29, 0.717) is 23.7 Å². The lowest BCUT2D eigenvalue weighted by Crippen LogP contribution is -2.20. The van der Waals surface area contributed by atoms with Crippen molar-refractivity contribution in [2.45, 2.75) is 19.3 Å². The standard InChI is InChI=1S/C12H17BrClN3O/c1-18-11-10(13)7-16-12(17-11)15-6-9-4-2-3-8(9)5-14/h7-9H,2-6H2,1H3,(H,15,16,17). The highest BCUT2D eigenvalue weighted by Gasteiger charge is 2.26. The van der Waals surface area contributed by atoms with Crippen molar-refractivity contribution in [1.82, 2.24) is 9.97 Å². The molecule has 1 aromatic rings. The average Bonchev–Trinajstić information content (AvgIpc) is 2.85. The highest BCUT2D eigenvalue weighted by atomic mass is 79.9. The molecule has 1 aliphatic carbocycles. The van der Waals surface area contributed by atoms with Crippen LogP contribution in [0.3, 0.4) is 0 Å². The van der Waals surface area contributed by atoms with Crippen molar-refractivity contribution in [2.75, 3.05) is 24.9 Å². The van der Waals surface area contributed by atoms with Gasteiger partial charge in [0.1, 0.15) is 0 Å². The third-order valence-corrected chi connectivity index (χ3v) is 4.38. The van der Waals surface area contributed by atoms with E-state index in [1.54, 1.807) is 13.3 Å². The Kier molecular flexibility index (Phi) is 5.06. The fraction of sp³-hybridized carbons (Fsp3) is 0.667. The Bertz CT molecular complexity index is 405. The molecule has 1 fully saturated rings. The van der Waals surface area contributed by atoms with Crippen molar-refractivity contribution in [1.29, 1.82) is 0 Å². The van der Waals surface area contributed by atoms with E-state index in [1.807, 2.05) is 0 Å². The number of halogens is 2. The van der Waals surface area contributed by atoms with E-state index in [9.17, 15) is 0 Å². The quantitative estimate of drug-likeness (QED) is 0.839. The van der Waals surface area contributed by atoms with E-state index < -0.39 is 0 Å². The summed E-state index contributed by atoms with van der Waals surface area (Å²) < 4.78 is 5.90. The molecule has 2 rings (SSSR count). The molecule has 1 aliphatic rings. The Labute approximate surface area is 121 Å². The molecule has 1 heterocycles. The first-order valence-electron chi connectivity index (χ1n) is 6.11. The minimum absolute atomic E-state index is 0.549. The summed E-state index contributed by atoms with van der Waals surface area (Å²) in [5.41, 5.74) is 0. The molecule has 2 unspecified atom stereocenters. The second kappa shape index (κ2) is 6.57. The first-order chi connectivity index (χ1) is 8.74. The van der Waals surface area contributed by atoms with E-state index in [-0.39, 0.29) is 0 Å². The van der Waals surface area contributed by atoms with Crippen LogP contribution < -0.4 is 10.1 Å². The van der Waals surface area contributed by atoms with Crippen LogP contribution in [0, 0.1) is 11.8 Å². The number of hydrogen-bond acceptors (Lipinski definition) is 4. The van der Waals surface area contributed by atoms with Gasteiger partial charge in [-0.3, -0.25) is 0 Å². The maximum Gasteiger partial charge on any atom is 0.232 e. The number of anilines is 1. The highest BCUT2D eigenvalue weighted by Crippen LogP contribution is 2.32. The van der Waals surface area contributed by atoms with Crippen molar-refractivity contribution in [3.05, 3.63) is 10.7 Å². The van der Waals surface area contributed by atoms with Gasteiger partial charge in [0.05, 0.1) is 17.8 Å². The minimum Gasteiger partial charge on any atom is -0.480 e. The summed E-state index contributed by atoms with van der Waals surface area (Å²) in [7, 11) is 1.59. The van der Waals surface area contributed by atoms with Crippen LogP contribution in [0.25, 0.3) is 0 Å². The molecule has 0 bridgehead atoms. The van der Waals surface area contributed by atoms with E-state index in [2.05, 4.69) is 31.2 Å². The van der Waals surface area contributed by atoms with Gasteiger partial charge in [-0.25, -0.2) is 4.98 Å². The first kappa shape index (κ1) is 13.9. The molecule has 0 aliphatic heterocycles. The van der Waals surface area contributed by atoms with E-state index >= 15 is 0 Å². The molecule has 0 amide bonds. The number of methoxy groups -OCH3 is 1. The lowest BCUT2D eigenvalue weighted by Gasteiger charge is -2.17. The van der Waals surface area contributed by atoms with Gasteiger partial charge in [-0.15, -0.1) is 11.6 Å². The Morgan fingerprint density at radius 2 is 2.28 bits per heavy atom. The number of ether oxygens (including phenoxy) is 1. The molecule has 1 saturated carbocycles. The van der Waals surface area contributed by atoms with E-state index in [0.717, 1.165) is 16.9 Å². The summed E-state index contributed by atoms with van der Waals surface area (Å²) >= 11 is 9.30. The van der Waals surface area contributed by atoms with Crippen molar-refractivity contribution in [3.63, 3.8) is 0 Å². The topological polar surface area (TPSA) is 47.0 Å². The van der Waals surface area contributed by atoms with Crippen LogP contribution in [0.5, 0.6) is 5.88 Å². The van der Waals surface area contributed by atoms with Crippen molar-refractivity contribution < 1.29 is 4.74 Å². The Morgan fingerprint density at radius 3 is 3.00 bits per heavy atom. The molecule has 1 aromatic heterocycles. The van der Waals surface area contributed by atoms with Gasteiger partial charge in [-0.1, -0.05) is 6.42 Å². The predicted molar refractivity (Wildman–Crippen MR) is 76.3 cm³/mol. The SMILES string of the molecule is COc1nc(NCC2CCCC2CCl)ncc1Br. The van der Waals surface area contributed by atoms with Gasteiger partial charge in [-0.2, -0.15) is 4.98 Å². The van der Waals surface area contributed by atoms with Crippen LogP contribution in [-0.4, -0.2) is 29.5 Å². The second-order valence-corrected chi connectivity index (χ2v) is 5.70. The maximum atomic E-state index is 5.97. The molecule has 4 nitrogen and oxygen atoms in total. The molecule has 6 heteroatoms. The number of rotatable bonds is 5. The monoisotopic (exact) mass is 333 g/mol. The van der Waals surface area contributed by atoms with Gasteiger partial charge in [0.25, 0.3) is 0 Å². The van der Waals surface area contributed by atoms with Crippen molar-refractivity contribution >= 4 is 33.5 Å². The smallest absolute Gasteiger partial charge is 0.232 e. The summed E-state index contributed by atoms with van der Waals surface area (Å²) in [5.74, 6) is 3.15. The normalized spacial score (nSPS) is 23.1. The number of alkyl halides is 1. The molecule has 0 saturated heterocycles. The Morgan fingerprint density at radius 1 is 1.50 bits per heavy atom. The van der Waals surface area contributed by atoms with E-state index in [4.69, 9.17) is 16.3 Å². The van der Waals surface area contributed by atoms with Gasteiger partial charge in [-0.05, 0) is 40.6 Å².